The van der Waals surface area contributed by atoms with Crippen molar-refractivity contribution in [3.8, 4) is 28.8 Å². The van der Waals surface area contributed by atoms with E-state index >= 15 is 0 Å². The molecule has 2 aliphatic carbocycles. The molecule has 2 heterocycles. The number of aromatic nitrogens is 1. The quantitative estimate of drug-likeness (QED) is 0.333. The molecule has 3 aliphatic rings. The predicted octanol–water partition coefficient (Wildman–Crippen LogP) is 6.24. The van der Waals surface area contributed by atoms with Gasteiger partial charge in [-0.05, 0) is 68.0 Å². The Morgan fingerprint density at radius 3 is 2.25 bits per heavy atom. The third kappa shape index (κ3) is 6.68. The lowest BCUT2D eigenvalue weighted by Crippen LogP contribution is -2.44. The number of sulfone groups is 1. The Labute approximate surface area is 258 Å². The second-order valence-electron chi connectivity index (χ2n) is 12.4. The van der Waals surface area contributed by atoms with Crippen molar-refractivity contribution in [2.75, 3.05) is 29.5 Å². The molecule has 10 heteroatoms. The maximum Gasteiger partial charge on any atom is 0.226 e. The normalized spacial score (nSPS) is 23.0. The molecule has 2 aromatic carbocycles. The number of nitrogens with one attached hydrogen (secondary N) is 1. The van der Waals surface area contributed by atoms with Crippen LogP contribution >= 0.6 is 0 Å². The average molecular weight is 619 g/mol. The van der Waals surface area contributed by atoms with E-state index in [1.807, 2.05) is 24.3 Å². The van der Waals surface area contributed by atoms with Gasteiger partial charge in [-0.1, -0.05) is 44.2 Å². The van der Waals surface area contributed by atoms with Crippen LogP contribution in [0, 0.1) is 29.0 Å². The highest BCUT2D eigenvalue weighted by Crippen LogP contribution is 2.44. The lowest BCUT2D eigenvalue weighted by atomic mass is 9.76. The highest BCUT2D eigenvalue weighted by atomic mass is 32.2. The summed E-state index contributed by atoms with van der Waals surface area (Å²) in [4.78, 5) is 20.8. The summed E-state index contributed by atoms with van der Waals surface area (Å²) in [5, 5.41) is 13.0. The molecule has 0 radical (unpaired) electrons. The lowest BCUT2D eigenvalue weighted by molar-refractivity contribution is -0.127. The summed E-state index contributed by atoms with van der Waals surface area (Å²) in [5.74, 6) is 0.426. The summed E-state index contributed by atoms with van der Waals surface area (Å²) < 4.78 is 44.0. The molecule has 2 saturated carbocycles. The standard InChI is InChI=1S/C34H39FN4O4S/c35-26-14-10-25(11-15-26)34-38-31(24-12-16-27(17-13-24)39-18-20-44(41,42)21-19-39)32(43-34)28-8-4-5-9-29(28)33(40)37-30(22-36)23-6-2-1-3-7-23/h10-17,23,28-30H,1-9,18-21H2,(H,37,40)/t28-,29-,30-/m1/s1. The molecule has 6 rings (SSSR count). The second kappa shape index (κ2) is 13.1. The Morgan fingerprint density at radius 1 is 0.932 bits per heavy atom. The largest absolute Gasteiger partial charge is 0.440 e. The van der Waals surface area contributed by atoms with E-state index in [4.69, 9.17) is 9.40 Å². The molecule has 3 fully saturated rings. The van der Waals surface area contributed by atoms with E-state index in [9.17, 15) is 22.9 Å². The summed E-state index contributed by atoms with van der Waals surface area (Å²) in [7, 11) is -2.99. The van der Waals surface area contributed by atoms with Crippen molar-refractivity contribution in [1.29, 1.82) is 5.26 Å². The van der Waals surface area contributed by atoms with Gasteiger partial charge in [-0.25, -0.2) is 17.8 Å². The lowest BCUT2D eigenvalue weighted by Gasteiger charge is -2.32. The zero-order valence-corrected chi connectivity index (χ0v) is 25.7. The first-order chi connectivity index (χ1) is 21.3. The van der Waals surface area contributed by atoms with Crippen LogP contribution < -0.4 is 10.2 Å². The van der Waals surface area contributed by atoms with Gasteiger partial charge in [0.05, 0.1) is 17.6 Å². The summed E-state index contributed by atoms with van der Waals surface area (Å²) in [6, 6.07) is 15.7. The number of oxazole rings is 1. The number of carbonyl (C=O) groups excluding carboxylic acids is 1. The van der Waals surface area contributed by atoms with Crippen molar-refractivity contribution in [1.82, 2.24) is 10.3 Å². The van der Waals surface area contributed by atoms with Crippen molar-refractivity contribution in [2.45, 2.75) is 69.7 Å². The van der Waals surface area contributed by atoms with Crippen molar-refractivity contribution in [3.63, 3.8) is 0 Å². The number of anilines is 1. The predicted molar refractivity (Wildman–Crippen MR) is 167 cm³/mol. The van der Waals surface area contributed by atoms with Crippen LogP contribution in [0.15, 0.2) is 52.9 Å². The van der Waals surface area contributed by atoms with Crippen molar-refractivity contribution in [2.24, 2.45) is 11.8 Å². The minimum absolute atomic E-state index is 0.104. The number of halogens is 1. The third-order valence-electron chi connectivity index (χ3n) is 9.59. The number of hydrogen-bond donors (Lipinski definition) is 1. The van der Waals surface area contributed by atoms with Gasteiger partial charge >= 0.3 is 0 Å². The van der Waals surface area contributed by atoms with Crippen LogP contribution in [0.4, 0.5) is 10.1 Å². The van der Waals surface area contributed by atoms with Gasteiger partial charge in [-0.15, -0.1) is 0 Å². The van der Waals surface area contributed by atoms with Crippen LogP contribution in [0.1, 0.15) is 69.5 Å². The van der Waals surface area contributed by atoms with E-state index in [2.05, 4.69) is 16.3 Å². The summed E-state index contributed by atoms with van der Waals surface area (Å²) >= 11 is 0. The Bertz CT molecular complexity index is 1590. The van der Waals surface area contributed by atoms with Crippen LogP contribution in [0.5, 0.6) is 0 Å². The van der Waals surface area contributed by atoms with Gasteiger partial charge < -0.3 is 14.6 Å². The van der Waals surface area contributed by atoms with Gasteiger partial charge in [0.2, 0.25) is 11.8 Å². The number of nitrogens with zero attached hydrogens (tertiary/aromatic N) is 3. The number of carbonyl (C=O) groups is 1. The Balaban J connectivity index is 1.31. The monoisotopic (exact) mass is 618 g/mol. The zero-order chi connectivity index (χ0) is 30.7. The summed E-state index contributed by atoms with van der Waals surface area (Å²) in [6.45, 7) is 0.907. The van der Waals surface area contributed by atoms with E-state index in [1.165, 1.54) is 18.6 Å². The molecule has 1 saturated heterocycles. The fourth-order valence-corrected chi connectivity index (χ4v) is 8.25. The topological polar surface area (TPSA) is 116 Å². The van der Waals surface area contributed by atoms with E-state index < -0.39 is 15.9 Å². The molecule has 1 amide bonds. The Kier molecular flexibility index (Phi) is 9.03. The molecule has 1 aromatic heterocycles. The molecule has 1 aliphatic heterocycles. The van der Waals surface area contributed by atoms with Gasteiger partial charge in [0.1, 0.15) is 23.3 Å². The zero-order valence-electron chi connectivity index (χ0n) is 24.9. The molecule has 3 atom stereocenters. The SMILES string of the molecule is N#C[C@@H](NC(=O)[C@@H]1CCCC[C@H]1c1oc(-c2ccc(F)cc2)nc1-c1ccc(N2CCS(=O)(=O)CC2)cc1)C1CCCCC1. The highest BCUT2D eigenvalue weighted by Gasteiger charge is 2.38. The smallest absolute Gasteiger partial charge is 0.226 e. The van der Waals surface area contributed by atoms with Crippen LogP contribution in [-0.2, 0) is 14.6 Å². The molecule has 8 nitrogen and oxygen atoms in total. The van der Waals surface area contributed by atoms with Gasteiger partial charge in [0.15, 0.2) is 9.84 Å². The van der Waals surface area contributed by atoms with E-state index in [0.717, 1.165) is 56.2 Å². The van der Waals surface area contributed by atoms with Crippen LogP contribution in [0.3, 0.4) is 0 Å². The minimum atomic E-state index is -2.99. The van der Waals surface area contributed by atoms with Crippen LogP contribution in [0.25, 0.3) is 22.7 Å². The second-order valence-corrected chi connectivity index (χ2v) is 14.7. The average Bonchev–Trinajstić information content (AvgIpc) is 3.50. The maximum absolute atomic E-state index is 13.8. The molecule has 232 valence electrons. The summed E-state index contributed by atoms with van der Waals surface area (Å²) in [5.41, 5.74) is 3.05. The first-order valence-corrected chi connectivity index (χ1v) is 17.7. The van der Waals surface area contributed by atoms with E-state index in [0.29, 0.717) is 42.4 Å². The third-order valence-corrected chi connectivity index (χ3v) is 11.2. The van der Waals surface area contributed by atoms with Crippen molar-refractivity contribution >= 4 is 21.4 Å². The fourth-order valence-electron chi connectivity index (χ4n) is 7.05. The number of amides is 1. The van der Waals surface area contributed by atoms with E-state index in [1.54, 1.807) is 12.1 Å². The molecule has 44 heavy (non-hydrogen) atoms. The Morgan fingerprint density at radius 2 is 1.57 bits per heavy atom. The molecular formula is C34H39FN4O4S. The minimum Gasteiger partial charge on any atom is -0.440 e. The van der Waals surface area contributed by atoms with Crippen LogP contribution in [0.2, 0.25) is 0 Å². The molecule has 3 aromatic rings. The van der Waals surface area contributed by atoms with Gasteiger partial charge in [0.25, 0.3) is 0 Å². The molecule has 0 bridgehead atoms. The van der Waals surface area contributed by atoms with Crippen molar-refractivity contribution in [3.05, 3.63) is 60.1 Å². The van der Waals surface area contributed by atoms with Crippen molar-refractivity contribution < 1.29 is 22.0 Å². The molecule has 0 spiro atoms. The molecule has 0 unspecified atom stereocenters. The molecule has 1 N–H and O–H groups in total. The van der Waals surface area contributed by atoms with Gasteiger partial charge in [-0.2, -0.15) is 5.26 Å². The first kappa shape index (κ1) is 30.3. The van der Waals surface area contributed by atoms with Gasteiger partial charge in [-0.3, -0.25) is 4.79 Å². The first-order valence-electron chi connectivity index (χ1n) is 15.8. The fraction of sp³-hybridized carbons (Fsp3) is 0.500. The number of hydrogen-bond acceptors (Lipinski definition) is 7. The number of benzene rings is 2. The number of nitriles is 1. The number of rotatable bonds is 7. The maximum atomic E-state index is 13.8. The van der Waals surface area contributed by atoms with Crippen LogP contribution in [-0.4, -0.2) is 49.9 Å². The van der Waals surface area contributed by atoms with Gasteiger partial charge in [0, 0.05) is 41.7 Å². The highest BCUT2D eigenvalue weighted by molar-refractivity contribution is 7.91. The Hall–Kier alpha value is -3.71. The summed E-state index contributed by atoms with van der Waals surface area (Å²) in [6.07, 6.45) is 8.60. The van der Waals surface area contributed by atoms with E-state index in [-0.39, 0.29) is 41.0 Å². The molecular weight excluding hydrogens is 579 g/mol.